The molecule has 0 saturated carbocycles. The molecule has 0 spiro atoms. The Hall–Kier alpha value is -0.570. The van der Waals surface area contributed by atoms with Gasteiger partial charge < -0.3 is 19.7 Å². The quantitative estimate of drug-likeness (QED) is 0.281. The van der Waals surface area contributed by atoms with E-state index in [-0.39, 0.29) is 47.4 Å². The topological polar surface area (TPSA) is 63.2 Å². The smallest absolute Gasteiger partial charge is 0.309 e. The number of hydrogen-bond donors (Lipinski definition) is 1. The minimum atomic E-state index is -0.0636. The van der Waals surface area contributed by atoms with Crippen LogP contribution in [0.25, 0.3) is 0 Å². The van der Waals surface area contributed by atoms with Crippen molar-refractivity contribution in [2.75, 3.05) is 39.9 Å². The normalized spacial score (nSPS) is 17.7. The number of likely N-dealkylation sites (tertiary alicyclic amines) is 1. The minimum absolute atomic E-state index is 0. The Morgan fingerprint density at radius 3 is 2.32 bits per heavy atom. The number of carbonyl (C=O) groups is 1. The molecule has 1 N–H and O–H groups in total. The van der Waals surface area contributed by atoms with Crippen LogP contribution in [0.1, 0.15) is 47.5 Å². The lowest BCUT2D eigenvalue weighted by atomic mass is 9.89. The second-order valence-corrected chi connectivity index (χ2v) is 7.30. The summed E-state index contributed by atoms with van der Waals surface area (Å²) in [5, 5.41) is 3.36. The van der Waals surface area contributed by atoms with Crippen molar-refractivity contribution in [2.24, 2.45) is 16.3 Å². The number of rotatable bonds is 6. The van der Waals surface area contributed by atoms with Gasteiger partial charge in [-0.25, -0.2) is 0 Å². The van der Waals surface area contributed by atoms with Crippen molar-refractivity contribution < 1.29 is 14.3 Å². The second-order valence-electron chi connectivity index (χ2n) is 7.30. The maximum atomic E-state index is 11.9. The predicted molar refractivity (Wildman–Crippen MR) is 113 cm³/mol. The average Bonchev–Trinajstić information content (AvgIpc) is 2.53. The van der Waals surface area contributed by atoms with Crippen molar-refractivity contribution in [3.63, 3.8) is 0 Å². The van der Waals surface area contributed by atoms with Crippen LogP contribution < -0.4 is 5.32 Å². The summed E-state index contributed by atoms with van der Waals surface area (Å²) in [5.74, 6) is 0.864. The van der Waals surface area contributed by atoms with Crippen LogP contribution in [0.2, 0.25) is 0 Å². The maximum Gasteiger partial charge on any atom is 0.309 e. The summed E-state index contributed by atoms with van der Waals surface area (Å²) in [6.07, 6.45) is 1.70. The summed E-state index contributed by atoms with van der Waals surface area (Å²) in [5.41, 5.74) is 0.0481. The van der Waals surface area contributed by atoms with Crippen molar-refractivity contribution in [1.29, 1.82) is 0 Å². The van der Waals surface area contributed by atoms with E-state index in [1.807, 2.05) is 6.92 Å². The number of methoxy groups -OCH3 is 1. The highest BCUT2D eigenvalue weighted by Crippen LogP contribution is 2.22. The highest BCUT2D eigenvalue weighted by molar-refractivity contribution is 14.0. The van der Waals surface area contributed by atoms with Crippen LogP contribution in [0.3, 0.4) is 0 Å². The lowest BCUT2D eigenvalue weighted by molar-refractivity contribution is -0.149. The molecule has 1 saturated heterocycles. The molecule has 0 bridgehead atoms. The number of aliphatic imine (C=N–C) groups is 1. The summed E-state index contributed by atoms with van der Waals surface area (Å²) in [6, 6.07) is 0. The third-order valence-electron chi connectivity index (χ3n) is 4.41. The molecule has 1 aliphatic rings. The molecule has 1 heterocycles. The Labute approximate surface area is 170 Å². The zero-order valence-electron chi connectivity index (χ0n) is 16.6. The Bertz CT molecular complexity index is 416. The summed E-state index contributed by atoms with van der Waals surface area (Å²) in [7, 11) is 1.74. The number of halogens is 1. The van der Waals surface area contributed by atoms with Crippen LogP contribution in [-0.2, 0) is 14.3 Å². The van der Waals surface area contributed by atoms with E-state index in [9.17, 15) is 4.79 Å². The molecule has 25 heavy (non-hydrogen) atoms. The minimum Gasteiger partial charge on any atom is -0.466 e. The molecule has 0 aromatic carbocycles. The number of carbonyl (C=O) groups excluding carboxylic acids is 1. The van der Waals surface area contributed by atoms with E-state index in [4.69, 9.17) is 14.5 Å². The fourth-order valence-corrected chi connectivity index (χ4v) is 2.88. The molecule has 0 radical (unpaired) electrons. The van der Waals surface area contributed by atoms with Gasteiger partial charge in [-0.15, -0.1) is 24.0 Å². The van der Waals surface area contributed by atoms with E-state index in [0.29, 0.717) is 13.2 Å². The van der Waals surface area contributed by atoms with Gasteiger partial charge in [-0.2, -0.15) is 0 Å². The SMILES string of the molecule is CCNC(=NCC(OC)C(C)(C)C)N1CCC(C(=O)OCC)CC1.I. The molecular formula is C18H36IN3O3. The number of esters is 1. The first-order valence-corrected chi connectivity index (χ1v) is 9.06. The van der Waals surface area contributed by atoms with Gasteiger partial charge >= 0.3 is 5.97 Å². The Balaban J connectivity index is 0.00000576. The molecule has 0 aromatic rings. The standard InChI is InChI=1S/C18H35N3O3.HI/c1-7-19-17(20-13-15(23-6)18(3,4)5)21-11-9-14(10-12-21)16(22)24-8-2;/h14-15H,7-13H2,1-6H3,(H,19,20);1H. The first kappa shape index (κ1) is 24.4. The lowest BCUT2D eigenvalue weighted by Crippen LogP contribution is -2.47. The third kappa shape index (κ3) is 8.11. The Kier molecular flexibility index (Phi) is 11.7. The molecule has 148 valence electrons. The second kappa shape index (κ2) is 11.9. The van der Waals surface area contributed by atoms with E-state index in [1.165, 1.54) is 0 Å². The van der Waals surface area contributed by atoms with E-state index in [2.05, 4.69) is 37.9 Å². The number of ether oxygens (including phenoxy) is 2. The Morgan fingerprint density at radius 1 is 1.28 bits per heavy atom. The van der Waals surface area contributed by atoms with Gasteiger partial charge in [0.1, 0.15) is 0 Å². The van der Waals surface area contributed by atoms with Gasteiger partial charge in [0.2, 0.25) is 0 Å². The molecule has 1 aliphatic heterocycles. The van der Waals surface area contributed by atoms with E-state index in [1.54, 1.807) is 7.11 Å². The van der Waals surface area contributed by atoms with E-state index in [0.717, 1.165) is 38.4 Å². The summed E-state index contributed by atoms with van der Waals surface area (Å²) in [4.78, 5) is 18.9. The van der Waals surface area contributed by atoms with Crippen molar-refractivity contribution in [3.8, 4) is 0 Å². The van der Waals surface area contributed by atoms with E-state index >= 15 is 0 Å². The van der Waals surface area contributed by atoms with Crippen LogP contribution in [0.5, 0.6) is 0 Å². The molecule has 0 aliphatic carbocycles. The molecule has 0 aromatic heterocycles. The molecule has 0 amide bonds. The molecule has 1 unspecified atom stereocenters. The maximum absolute atomic E-state index is 11.9. The third-order valence-corrected chi connectivity index (χ3v) is 4.41. The van der Waals surface area contributed by atoms with Gasteiger partial charge in [0.05, 0.1) is 25.2 Å². The lowest BCUT2D eigenvalue weighted by Gasteiger charge is -2.34. The van der Waals surface area contributed by atoms with Crippen molar-refractivity contribution >= 4 is 35.9 Å². The zero-order chi connectivity index (χ0) is 18.2. The summed E-state index contributed by atoms with van der Waals surface area (Å²) < 4.78 is 10.7. The van der Waals surface area contributed by atoms with Crippen LogP contribution in [-0.4, -0.2) is 62.8 Å². The Morgan fingerprint density at radius 2 is 1.88 bits per heavy atom. The summed E-state index contributed by atoms with van der Waals surface area (Å²) >= 11 is 0. The fourth-order valence-electron chi connectivity index (χ4n) is 2.88. The van der Waals surface area contributed by atoms with Crippen LogP contribution in [0.15, 0.2) is 4.99 Å². The van der Waals surface area contributed by atoms with Gasteiger partial charge in [-0.3, -0.25) is 9.79 Å². The molecule has 7 heteroatoms. The van der Waals surface area contributed by atoms with Gasteiger partial charge in [0, 0.05) is 26.7 Å². The number of hydrogen-bond acceptors (Lipinski definition) is 4. The van der Waals surface area contributed by atoms with Crippen molar-refractivity contribution in [1.82, 2.24) is 10.2 Å². The molecule has 1 atom stereocenters. The highest BCUT2D eigenvalue weighted by atomic mass is 127. The van der Waals surface area contributed by atoms with Gasteiger partial charge in [0.25, 0.3) is 0 Å². The number of guanidine groups is 1. The molecule has 6 nitrogen and oxygen atoms in total. The number of piperidine rings is 1. The van der Waals surface area contributed by atoms with E-state index < -0.39 is 0 Å². The first-order chi connectivity index (χ1) is 11.3. The van der Waals surface area contributed by atoms with Gasteiger partial charge in [-0.05, 0) is 32.1 Å². The number of nitrogens with one attached hydrogen (secondary N) is 1. The number of nitrogens with zero attached hydrogens (tertiary/aromatic N) is 2. The molecule has 1 fully saturated rings. The first-order valence-electron chi connectivity index (χ1n) is 9.06. The highest BCUT2D eigenvalue weighted by Gasteiger charge is 2.28. The average molecular weight is 469 g/mol. The van der Waals surface area contributed by atoms with Gasteiger partial charge in [-0.1, -0.05) is 20.8 Å². The fraction of sp³-hybridized carbons (Fsp3) is 0.889. The summed E-state index contributed by atoms with van der Waals surface area (Å²) in [6.45, 7) is 13.9. The van der Waals surface area contributed by atoms with Gasteiger partial charge in [0.15, 0.2) is 5.96 Å². The van der Waals surface area contributed by atoms with Crippen LogP contribution in [0, 0.1) is 11.3 Å². The predicted octanol–water partition coefficient (Wildman–Crippen LogP) is 2.91. The largest absolute Gasteiger partial charge is 0.466 e. The van der Waals surface area contributed by atoms with Crippen LogP contribution in [0.4, 0.5) is 0 Å². The van der Waals surface area contributed by atoms with Crippen molar-refractivity contribution in [2.45, 2.75) is 53.6 Å². The van der Waals surface area contributed by atoms with Crippen LogP contribution >= 0.6 is 24.0 Å². The monoisotopic (exact) mass is 469 g/mol. The van der Waals surface area contributed by atoms with Crippen molar-refractivity contribution in [3.05, 3.63) is 0 Å². The molecular weight excluding hydrogens is 433 g/mol. The molecule has 1 rings (SSSR count). The zero-order valence-corrected chi connectivity index (χ0v) is 19.0.